The lowest BCUT2D eigenvalue weighted by atomic mass is 10.1. The Bertz CT molecular complexity index is 397. The SMILES string of the molecule is CNC(c1ncn[nH]1)c1cscc1Br. The van der Waals surface area contributed by atoms with Gasteiger partial charge in [0.25, 0.3) is 0 Å². The molecular weight excluding hydrogens is 264 g/mol. The molecule has 0 saturated heterocycles. The first-order valence-electron chi connectivity index (χ1n) is 4.07. The maximum absolute atomic E-state index is 4.14. The molecule has 1 atom stereocenters. The maximum atomic E-state index is 4.14. The summed E-state index contributed by atoms with van der Waals surface area (Å²) in [6.07, 6.45) is 1.51. The second-order valence-corrected chi connectivity index (χ2v) is 4.37. The first kappa shape index (κ1) is 9.82. The fourth-order valence-corrected chi connectivity index (χ4v) is 2.84. The summed E-state index contributed by atoms with van der Waals surface area (Å²) in [6.45, 7) is 0. The van der Waals surface area contributed by atoms with E-state index in [0.717, 1.165) is 10.3 Å². The van der Waals surface area contributed by atoms with E-state index in [1.165, 1.54) is 11.9 Å². The summed E-state index contributed by atoms with van der Waals surface area (Å²) >= 11 is 5.16. The van der Waals surface area contributed by atoms with Gasteiger partial charge in [0.15, 0.2) is 0 Å². The van der Waals surface area contributed by atoms with E-state index in [4.69, 9.17) is 0 Å². The lowest BCUT2D eigenvalue weighted by molar-refractivity contribution is 0.649. The molecule has 0 spiro atoms. The molecule has 2 aromatic heterocycles. The molecular formula is C8H9BrN4S. The van der Waals surface area contributed by atoms with Gasteiger partial charge in [-0.15, -0.1) is 0 Å². The highest BCUT2D eigenvalue weighted by atomic mass is 79.9. The number of halogens is 1. The largest absolute Gasteiger partial charge is 0.307 e. The normalized spacial score (nSPS) is 13.0. The van der Waals surface area contributed by atoms with Crippen molar-refractivity contribution in [2.45, 2.75) is 6.04 Å². The average Bonchev–Trinajstić information content (AvgIpc) is 2.80. The number of rotatable bonds is 3. The van der Waals surface area contributed by atoms with E-state index in [9.17, 15) is 0 Å². The van der Waals surface area contributed by atoms with Crippen LogP contribution in [0.25, 0.3) is 0 Å². The third kappa shape index (κ3) is 1.73. The van der Waals surface area contributed by atoms with Gasteiger partial charge in [0, 0.05) is 15.4 Å². The quantitative estimate of drug-likeness (QED) is 0.898. The van der Waals surface area contributed by atoms with Crippen LogP contribution in [0.15, 0.2) is 21.6 Å². The standard InChI is InChI=1S/C8H9BrN4S/c1-10-7(8-11-4-12-13-8)5-2-14-3-6(5)9/h2-4,7,10H,1H3,(H,11,12,13). The van der Waals surface area contributed by atoms with Crippen molar-refractivity contribution in [3.05, 3.63) is 32.9 Å². The first-order valence-corrected chi connectivity index (χ1v) is 5.80. The second-order valence-electron chi connectivity index (χ2n) is 2.77. The average molecular weight is 273 g/mol. The molecule has 0 aliphatic rings. The Morgan fingerprint density at radius 3 is 2.93 bits per heavy atom. The molecule has 2 N–H and O–H groups in total. The minimum atomic E-state index is 0.0677. The van der Waals surface area contributed by atoms with Crippen molar-refractivity contribution in [2.75, 3.05) is 7.05 Å². The molecule has 2 heterocycles. The molecule has 0 fully saturated rings. The van der Waals surface area contributed by atoms with Crippen LogP contribution in [0, 0.1) is 0 Å². The first-order chi connectivity index (χ1) is 6.83. The molecule has 0 aliphatic heterocycles. The molecule has 2 rings (SSSR count). The number of thiophene rings is 1. The third-order valence-electron chi connectivity index (χ3n) is 1.95. The molecule has 2 aromatic rings. The lowest BCUT2D eigenvalue weighted by Gasteiger charge is -2.11. The van der Waals surface area contributed by atoms with Gasteiger partial charge in [0.1, 0.15) is 12.2 Å². The Hall–Kier alpha value is -0.720. The minimum absolute atomic E-state index is 0.0677. The molecule has 74 valence electrons. The monoisotopic (exact) mass is 272 g/mol. The molecule has 0 aliphatic carbocycles. The van der Waals surface area contributed by atoms with Gasteiger partial charge in [-0.3, -0.25) is 5.10 Å². The van der Waals surface area contributed by atoms with Gasteiger partial charge < -0.3 is 5.32 Å². The van der Waals surface area contributed by atoms with E-state index in [0.29, 0.717) is 0 Å². The smallest absolute Gasteiger partial charge is 0.146 e. The van der Waals surface area contributed by atoms with Crippen molar-refractivity contribution in [3.63, 3.8) is 0 Å². The van der Waals surface area contributed by atoms with Crippen LogP contribution in [-0.4, -0.2) is 22.2 Å². The van der Waals surface area contributed by atoms with Crippen LogP contribution in [0.5, 0.6) is 0 Å². The lowest BCUT2D eigenvalue weighted by Crippen LogP contribution is -2.18. The van der Waals surface area contributed by atoms with Crippen molar-refractivity contribution in [1.82, 2.24) is 20.5 Å². The van der Waals surface area contributed by atoms with Gasteiger partial charge in [-0.2, -0.15) is 16.4 Å². The summed E-state index contributed by atoms with van der Waals surface area (Å²) < 4.78 is 1.10. The summed E-state index contributed by atoms with van der Waals surface area (Å²) in [6, 6.07) is 0.0677. The molecule has 0 bridgehead atoms. The van der Waals surface area contributed by atoms with E-state index < -0.39 is 0 Å². The maximum Gasteiger partial charge on any atom is 0.146 e. The Kier molecular flexibility index (Phi) is 2.95. The molecule has 4 nitrogen and oxygen atoms in total. The number of nitrogens with one attached hydrogen (secondary N) is 2. The van der Waals surface area contributed by atoms with E-state index in [1.54, 1.807) is 11.3 Å². The van der Waals surface area contributed by atoms with Crippen LogP contribution < -0.4 is 5.32 Å². The third-order valence-corrected chi connectivity index (χ3v) is 3.70. The molecule has 0 saturated carbocycles. The zero-order valence-electron chi connectivity index (χ0n) is 7.49. The number of hydrogen-bond donors (Lipinski definition) is 2. The van der Waals surface area contributed by atoms with Crippen LogP contribution in [0.3, 0.4) is 0 Å². The van der Waals surface area contributed by atoms with Crippen LogP contribution in [-0.2, 0) is 0 Å². The van der Waals surface area contributed by atoms with E-state index in [-0.39, 0.29) is 6.04 Å². The molecule has 1 unspecified atom stereocenters. The van der Waals surface area contributed by atoms with E-state index in [1.807, 2.05) is 7.05 Å². The number of aromatic amines is 1. The number of H-pyrrole nitrogens is 1. The Balaban J connectivity index is 2.36. The minimum Gasteiger partial charge on any atom is -0.307 e. The van der Waals surface area contributed by atoms with Gasteiger partial charge in [-0.1, -0.05) is 0 Å². The highest BCUT2D eigenvalue weighted by Gasteiger charge is 2.17. The van der Waals surface area contributed by atoms with E-state index >= 15 is 0 Å². The zero-order chi connectivity index (χ0) is 9.97. The van der Waals surface area contributed by atoms with Crippen molar-refractivity contribution in [1.29, 1.82) is 0 Å². The number of hydrogen-bond acceptors (Lipinski definition) is 4. The van der Waals surface area contributed by atoms with Crippen molar-refractivity contribution >= 4 is 27.3 Å². The summed E-state index contributed by atoms with van der Waals surface area (Å²) in [5, 5.41) is 14.0. The highest BCUT2D eigenvalue weighted by molar-refractivity contribution is 9.10. The Morgan fingerprint density at radius 1 is 1.57 bits per heavy atom. The predicted molar refractivity (Wildman–Crippen MR) is 59.3 cm³/mol. The van der Waals surface area contributed by atoms with Crippen LogP contribution in [0.2, 0.25) is 0 Å². The summed E-state index contributed by atoms with van der Waals surface area (Å²) in [7, 11) is 1.90. The number of aromatic nitrogens is 3. The van der Waals surface area contributed by atoms with Crippen LogP contribution in [0.4, 0.5) is 0 Å². The number of nitrogens with zero attached hydrogens (tertiary/aromatic N) is 2. The predicted octanol–water partition coefficient (Wildman–Crippen LogP) is 1.94. The van der Waals surface area contributed by atoms with Crippen molar-refractivity contribution in [3.8, 4) is 0 Å². The Morgan fingerprint density at radius 2 is 2.43 bits per heavy atom. The van der Waals surface area contributed by atoms with Crippen LogP contribution in [0.1, 0.15) is 17.4 Å². The van der Waals surface area contributed by atoms with Gasteiger partial charge in [-0.25, -0.2) is 4.98 Å². The Labute approximate surface area is 93.9 Å². The fraction of sp³-hybridized carbons (Fsp3) is 0.250. The summed E-state index contributed by atoms with van der Waals surface area (Å²) in [5.74, 6) is 0.826. The zero-order valence-corrected chi connectivity index (χ0v) is 9.89. The van der Waals surface area contributed by atoms with E-state index in [2.05, 4.69) is 47.2 Å². The topological polar surface area (TPSA) is 53.6 Å². The van der Waals surface area contributed by atoms with Gasteiger partial charge in [-0.05, 0) is 28.4 Å². The van der Waals surface area contributed by atoms with Gasteiger partial charge in [0.2, 0.25) is 0 Å². The molecule has 0 radical (unpaired) electrons. The van der Waals surface area contributed by atoms with Crippen molar-refractivity contribution < 1.29 is 0 Å². The summed E-state index contributed by atoms with van der Waals surface area (Å²) in [4.78, 5) is 4.14. The summed E-state index contributed by atoms with van der Waals surface area (Å²) in [5.41, 5.74) is 1.18. The fourth-order valence-electron chi connectivity index (χ4n) is 1.29. The van der Waals surface area contributed by atoms with Gasteiger partial charge >= 0.3 is 0 Å². The molecule has 0 amide bonds. The second kappa shape index (κ2) is 4.20. The van der Waals surface area contributed by atoms with Crippen molar-refractivity contribution in [2.24, 2.45) is 0 Å². The molecule has 14 heavy (non-hydrogen) atoms. The van der Waals surface area contributed by atoms with Gasteiger partial charge in [0.05, 0.1) is 6.04 Å². The highest BCUT2D eigenvalue weighted by Crippen LogP contribution is 2.29. The van der Waals surface area contributed by atoms with Crippen LogP contribution >= 0.6 is 27.3 Å². The molecule has 0 aromatic carbocycles. The molecule has 6 heteroatoms.